The van der Waals surface area contributed by atoms with Crippen LogP contribution in [0.25, 0.3) is 0 Å². The summed E-state index contributed by atoms with van der Waals surface area (Å²) in [6.07, 6.45) is 4.47. The number of aryl methyl sites for hydroxylation is 1. The first kappa shape index (κ1) is 15.2. The Hall–Kier alpha value is -2.17. The van der Waals surface area contributed by atoms with Gasteiger partial charge in [-0.2, -0.15) is 0 Å². The highest BCUT2D eigenvalue weighted by molar-refractivity contribution is 5.58. The number of rotatable bonds is 6. The van der Waals surface area contributed by atoms with Gasteiger partial charge in [0, 0.05) is 30.9 Å². The van der Waals surface area contributed by atoms with Crippen molar-refractivity contribution in [2.45, 2.75) is 40.2 Å². The van der Waals surface area contributed by atoms with Gasteiger partial charge in [0.2, 0.25) is 0 Å². The van der Waals surface area contributed by atoms with Gasteiger partial charge in [0.1, 0.15) is 17.5 Å². The second kappa shape index (κ2) is 7.02. The molecule has 0 saturated heterocycles. The lowest BCUT2D eigenvalue weighted by Crippen LogP contribution is -2.13. The van der Waals surface area contributed by atoms with Crippen molar-refractivity contribution in [3.63, 3.8) is 0 Å². The Kier molecular flexibility index (Phi) is 5.09. The van der Waals surface area contributed by atoms with Gasteiger partial charge in [-0.05, 0) is 32.4 Å². The molecule has 1 unspecified atom stereocenters. The highest BCUT2D eigenvalue weighted by atomic mass is 15.1. The predicted octanol–water partition coefficient (Wildman–Crippen LogP) is 3.35. The molecule has 0 radical (unpaired) electrons. The first-order valence-corrected chi connectivity index (χ1v) is 7.43. The maximum atomic E-state index is 4.62. The largest absolute Gasteiger partial charge is 0.370 e. The van der Waals surface area contributed by atoms with Crippen LogP contribution >= 0.6 is 0 Å². The number of hydrogen-bond acceptors (Lipinski definition) is 5. The van der Waals surface area contributed by atoms with E-state index in [4.69, 9.17) is 0 Å². The Morgan fingerprint density at radius 2 is 1.95 bits per heavy atom. The molecule has 112 valence electrons. The molecule has 2 aromatic heterocycles. The first-order valence-electron chi connectivity index (χ1n) is 7.43. The van der Waals surface area contributed by atoms with E-state index in [1.165, 1.54) is 0 Å². The van der Waals surface area contributed by atoms with Gasteiger partial charge in [-0.3, -0.25) is 4.98 Å². The summed E-state index contributed by atoms with van der Waals surface area (Å²) in [5, 5.41) is 6.77. The van der Waals surface area contributed by atoms with E-state index in [0.717, 1.165) is 41.6 Å². The number of pyridine rings is 1. The second-order valence-electron chi connectivity index (χ2n) is 5.00. The number of nitrogens with zero attached hydrogens (tertiary/aromatic N) is 3. The van der Waals surface area contributed by atoms with Crippen molar-refractivity contribution in [2.75, 3.05) is 17.2 Å². The molecule has 0 saturated carbocycles. The van der Waals surface area contributed by atoms with Crippen LogP contribution in [0, 0.1) is 6.92 Å². The Morgan fingerprint density at radius 3 is 2.57 bits per heavy atom. The topological polar surface area (TPSA) is 62.7 Å². The zero-order valence-corrected chi connectivity index (χ0v) is 13.1. The van der Waals surface area contributed by atoms with Crippen molar-refractivity contribution in [1.29, 1.82) is 0 Å². The summed E-state index contributed by atoms with van der Waals surface area (Å²) in [5.41, 5.74) is 2.18. The average molecular weight is 285 g/mol. The molecule has 2 rings (SSSR count). The molecule has 2 aromatic rings. The van der Waals surface area contributed by atoms with E-state index in [1.54, 1.807) is 6.20 Å². The van der Waals surface area contributed by atoms with Gasteiger partial charge in [-0.25, -0.2) is 9.97 Å². The molecule has 2 heterocycles. The van der Waals surface area contributed by atoms with E-state index >= 15 is 0 Å². The van der Waals surface area contributed by atoms with E-state index in [-0.39, 0.29) is 6.04 Å². The Morgan fingerprint density at radius 1 is 1.19 bits per heavy atom. The van der Waals surface area contributed by atoms with E-state index in [1.807, 2.05) is 19.2 Å². The van der Waals surface area contributed by atoms with Crippen molar-refractivity contribution >= 4 is 11.6 Å². The van der Waals surface area contributed by atoms with Gasteiger partial charge in [-0.15, -0.1) is 0 Å². The molecular weight excluding hydrogens is 262 g/mol. The molecule has 0 spiro atoms. The average Bonchev–Trinajstić information content (AvgIpc) is 2.52. The van der Waals surface area contributed by atoms with Crippen molar-refractivity contribution in [3.8, 4) is 0 Å². The fraction of sp³-hybridized carbons (Fsp3) is 0.438. The molecule has 0 aliphatic rings. The molecular formula is C16H23N5. The molecule has 0 aromatic carbocycles. The molecule has 0 amide bonds. The van der Waals surface area contributed by atoms with Crippen LogP contribution in [0.5, 0.6) is 0 Å². The Balaban J connectivity index is 2.28. The molecule has 0 aliphatic heterocycles. The zero-order chi connectivity index (χ0) is 15.2. The van der Waals surface area contributed by atoms with Gasteiger partial charge in [0.05, 0.1) is 6.04 Å². The van der Waals surface area contributed by atoms with Crippen LogP contribution in [0.4, 0.5) is 11.6 Å². The Labute approximate surface area is 126 Å². The molecule has 5 nitrogen and oxygen atoms in total. The highest BCUT2D eigenvalue weighted by Crippen LogP contribution is 2.24. The van der Waals surface area contributed by atoms with E-state index < -0.39 is 0 Å². The predicted molar refractivity (Wildman–Crippen MR) is 86.6 cm³/mol. The Bertz CT molecular complexity index is 583. The third kappa shape index (κ3) is 3.68. The molecule has 0 fully saturated rings. The lowest BCUT2D eigenvalue weighted by molar-refractivity contribution is 0.845. The smallest absolute Gasteiger partial charge is 0.135 e. The van der Waals surface area contributed by atoms with E-state index in [2.05, 4.69) is 52.4 Å². The van der Waals surface area contributed by atoms with Gasteiger partial charge in [-0.1, -0.05) is 13.0 Å². The van der Waals surface area contributed by atoms with Gasteiger partial charge in [0.15, 0.2) is 0 Å². The quantitative estimate of drug-likeness (QED) is 0.852. The summed E-state index contributed by atoms with van der Waals surface area (Å²) in [6, 6.07) is 4.15. The normalized spacial score (nSPS) is 12.0. The number of aromatic nitrogens is 3. The fourth-order valence-corrected chi connectivity index (χ4v) is 2.12. The number of hydrogen-bond donors (Lipinski definition) is 2. The summed E-state index contributed by atoms with van der Waals surface area (Å²) in [4.78, 5) is 13.3. The van der Waals surface area contributed by atoms with Crippen LogP contribution in [0.2, 0.25) is 0 Å². The SMILES string of the molecule is CCNc1nc(CC)nc(NC(C)c2cccnc2)c1C. The number of anilines is 2. The molecule has 0 bridgehead atoms. The summed E-state index contributed by atoms with van der Waals surface area (Å²) in [7, 11) is 0. The first-order chi connectivity index (χ1) is 10.2. The molecule has 0 aliphatic carbocycles. The summed E-state index contributed by atoms with van der Waals surface area (Å²) < 4.78 is 0. The standard InChI is InChI=1S/C16H23N5/c1-5-14-20-15(18-6-2)11(3)16(21-14)19-12(4)13-8-7-9-17-10-13/h7-10,12H,5-6H2,1-4H3,(H2,18,19,20,21). The third-order valence-electron chi connectivity index (χ3n) is 3.39. The van der Waals surface area contributed by atoms with Crippen molar-refractivity contribution < 1.29 is 0 Å². The van der Waals surface area contributed by atoms with Crippen LogP contribution < -0.4 is 10.6 Å². The maximum absolute atomic E-state index is 4.62. The fourth-order valence-electron chi connectivity index (χ4n) is 2.12. The van der Waals surface area contributed by atoms with Gasteiger partial charge < -0.3 is 10.6 Å². The minimum absolute atomic E-state index is 0.145. The lowest BCUT2D eigenvalue weighted by atomic mass is 10.1. The van der Waals surface area contributed by atoms with E-state index in [0.29, 0.717) is 0 Å². The monoisotopic (exact) mass is 285 g/mol. The second-order valence-corrected chi connectivity index (χ2v) is 5.00. The zero-order valence-electron chi connectivity index (χ0n) is 13.1. The van der Waals surface area contributed by atoms with Gasteiger partial charge >= 0.3 is 0 Å². The van der Waals surface area contributed by atoms with Crippen molar-refractivity contribution in [2.24, 2.45) is 0 Å². The molecule has 5 heteroatoms. The van der Waals surface area contributed by atoms with Crippen LogP contribution in [0.3, 0.4) is 0 Å². The molecule has 21 heavy (non-hydrogen) atoms. The highest BCUT2D eigenvalue weighted by Gasteiger charge is 2.13. The van der Waals surface area contributed by atoms with E-state index in [9.17, 15) is 0 Å². The minimum atomic E-state index is 0.145. The summed E-state index contributed by atoms with van der Waals surface area (Å²) in [5.74, 6) is 2.64. The summed E-state index contributed by atoms with van der Waals surface area (Å²) >= 11 is 0. The van der Waals surface area contributed by atoms with Crippen LogP contribution in [0.1, 0.15) is 43.8 Å². The van der Waals surface area contributed by atoms with Crippen molar-refractivity contribution in [1.82, 2.24) is 15.0 Å². The maximum Gasteiger partial charge on any atom is 0.135 e. The van der Waals surface area contributed by atoms with Crippen LogP contribution in [-0.4, -0.2) is 21.5 Å². The molecule has 1 atom stereocenters. The minimum Gasteiger partial charge on any atom is -0.370 e. The third-order valence-corrected chi connectivity index (χ3v) is 3.39. The molecule has 2 N–H and O–H groups in total. The lowest BCUT2D eigenvalue weighted by Gasteiger charge is -2.18. The van der Waals surface area contributed by atoms with Gasteiger partial charge in [0.25, 0.3) is 0 Å². The number of nitrogens with one attached hydrogen (secondary N) is 2. The van der Waals surface area contributed by atoms with Crippen LogP contribution in [-0.2, 0) is 6.42 Å². The van der Waals surface area contributed by atoms with Crippen LogP contribution in [0.15, 0.2) is 24.5 Å². The van der Waals surface area contributed by atoms with Crippen molar-refractivity contribution in [3.05, 3.63) is 41.5 Å². The summed E-state index contributed by atoms with van der Waals surface area (Å²) in [6.45, 7) is 9.12.